The van der Waals surface area contributed by atoms with Gasteiger partial charge in [0.05, 0.1) is 4.88 Å². The number of likely N-dealkylation sites (tertiary alicyclic amines) is 1. The molecule has 2 N–H and O–H groups in total. The van der Waals surface area contributed by atoms with Crippen LogP contribution in [0.1, 0.15) is 37.9 Å². The lowest BCUT2D eigenvalue weighted by Gasteiger charge is -2.30. The molecule has 33 heavy (non-hydrogen) atoms. The van der Waals surface area contributed by atoms with Gasteiger partial charge in [0, 0.05) is 42.0 Å². The number of benzene rings is 1. The van der Waals surface area contributed by atoms with Crippen LogP contribution in [0.15, 0.2) is 46.3 Å². The number of amides is 3. The SMILES string of the molecule is O=C(NCCc1nnc(NC(=O)C2CCN(C(=O)c3cccs3)CC2)s1)c1cccc(Br)c1. The number of carbonyl (C=O) groups excluding carboxylic acids is 3. The van der Waals surface area contributed by atoms with Gasteiger partial charge in [-0.05, 0) is 42.5 Å². The highest BCUT2D eigenvalue weighted by Crippen LogP contribution is 2.23. The molecule has 3 amide bonds. The molecule has 172 valence electrons. The lowest BCUT2D eigenvalue weighted by Crippen LogP contribution is -2.41. The molecular formula is C22H22BrN5O3S2. The number of nitrogens with zero attached hydrogens (tertiary/aromatic N) is 3. The average molecular weight is 548 g/mol. The van der Waals surface area contributed by atoms with E-state index in [9.17, 15) is 14.4 Å². The van der Waals surface area contributed by atoms with Gasteiger partial charge in [-0.2, -0.15) is 0 Å². The van der Waals surface area contributed by atoms with Crippen LogP contribution in [0.3, 0.4) is 0 Å². The summed E-state index contributed by atoms with van der Waals surface area (Å²) in [5, 5.41) is 16.9. The second-order valence-electron chi connectivity index (χ2n) is 7.55. The minimum absolute atomic E-state index is 0.0320. The van der Waals surface area contributed by atoms with Crippen molar-refractivity contribution in [3.8, 4) is 0 Å². The fraction of sp³-hybridized carbons (Fsp3) is 0.318. The molecule has 1 aromatic carbocycles. The molecule has 0 saturated carbocycles. The summed E-state index contributed by atoms with van der Waals surface area (Å²) in [6.07, 6.45) is 1.77. The van der Waals surface area contributed by atoms with Gasteiger partial charge in [0.1, 0.15) is 5.01 Å². The van der Waals surface area contributed by atoms with E-state index in [4.69, 9.17) is 0 Å². The van der Waals surface area contributed by atoms with Gasteiger partial charge in [0.15, 0.2) is 0 Å². The van der Waals surface area contributed by atoms with Crippen LogP contribution in [0.4, 0.5) is 5.13 Å². The van der Waals surface area contributed by atoms with E-state index < -0.39 is 0 Å². The van der Waals surface area contributed by atoms with Crippen molar-refractivity contribution in [2.24, 2.45) is 5.92 Å². The molecular weight excluding hydrogens is 526 g/mol. The zero-order chi connectivity index (χ0) is 23.2. The van der Waals surface area contributed by atoms with Crippen molar-refractivity contribution in [3.63, 3.8) is 0 Å². The Morgan fingerprint density at radius 3 is 2.67 bits per heavy atom. The molecule has 11 heteroatoms. The molecule has 0 spiro atoms. The summed E-state index contributed by atoms with van der Waals surface area (Å²) in [4.78, 5) is 39.8. The third-order valence-corrected chi connectivity index (χ3v) is 7.54. The molecule has 0 aliphatic carbocycles. The van der Waals surface area contributed by atoms with Crippen LogP contribution in [0.2, 0.25) is 0 Å². The van der Waals surface area contributed by atoms with Crippen LogP contribution >= 0.6 is 38.6 Å². The average Bonchev–Trinajstić information content (AvgIpc) is 3.51. The van der Waals surface area contributed by atoms with Crippen LogP contribution in [0, 0.1) is 5.92 Å². The van der Waals surface area contributed by atoms with Gasteiger partial charge < -0.3 is 15.5 Å². The number of thiophene rings is 1. The van der Waals surface area contributed by atoms with E-state index >= 15 is 0 Å². The molecule has 1 aliphatic rings. The molecule has 2 aromatic heterocycles. The predicted octanol–water partition coefficient (Wildman–Crippen LogP) is 3.83. The molecule has 4 rings (SSSR count). The van der Waals surface area contributed by atoms with E-state index in [1.54, 1.807) is 17.0 Å². The van der Waals surface area contributed by atoms with Crippen LogP contribution in [0.25, 0.3) is 0 Å². The van der Waals surface area contributed by atoms with Crippen LogP contribution < -0.4 is 10.6 Å². The van der Waals surface area contributed by atoms with Crippen LogP contribution in [0.5, 0.6) is 0 Å². The van der Waals surface area contributed by atoms with Gasteiger partial charge in [-0.25, -0.2) is 0 Å². The third-order valence-electron chi connectivity index (χ3n) is 5.29. The first kappa shape index (κ1) is 23.5. The van der Waals surface area contributed by atoms with Crippen molar-refractivity contribution in [3.05, 3.63) is 61.7 Å². The zero-order valence-corrected chi connectivity index (χ0v) is 20.8. The number of nitrogens with one attached hydrogen (secondary N) is 2. The van der Waals surface area contributed by atoms with Crippen molar-refractivity contribution in [1.82, 2.24) is 20.4 Å². The van der Waals surface area contributed by atoms with Gasteiger partial charge in [-0.1, -0.05) is 39.4 Å². The van der Waals surface area contributed by atoms with Gasteiger partial charge in [0.2, 0.25) is 11.0 Å². The lowest BCUT2D eigenvalue weighted by molar-refractivity contribution is -0.121. The number of halogens is 1. The number of anilines is 1. The van der Waals surface area contributed by atoms with Crippen molar-refractivity contribution >= 4 is 61.5 Å². The summed E-state index contributed by atoms with van der Waals surface area (Å²) in [5.74, 6) is -0.374. The minimum Gasteiger partial charge on any atom is -0.352 e. The van der Waals surface area contributed by atoms with Crippen molar-refractivity contribution in [2.75, 3.05) is 25.0 Å². The van der Waals surface area contributed by atoms with Crippen molar-refractivity contribution in [2.45, 2.75) is 19.3 Å². The first-order chi connectivity index (χ1) is 16.0. The summed E-state index contributed by atoms with van der Waals surface area (Å²) in [6, 6.07) is 10.9. The topological polar surface area (TPSA) is 104 Å². The molecule has 3 heterocycles. The second-order valence-corrected chi connectivity index (χ2v) is 10.5. The van der Waals surface area contributed by atoms with E-state index in [-0.39, 0.29) is 23.6 Å². The highest BCUT2D eigenvalue weighted by atomic mass is 79.9. The Morgan fingerprint density at radius 2 is 1.94 bits per heavy atom. The lowest BCUT2D eigenvalue weighted by atomic mass is 9.96. The summed E-state index contributed by atoms with van der Waals surface area (Å²) in [6.45, 7) is 1.55. The summed E-state index contributed by atoms with van der Waals surface area (Å²) < 4.78 is 0.847. The number of hydrogen-bond donors (Lipinski definition) is 2. The summed E-state index contributed by atoms with van der Waals surface area (Å²) in [5.41, 5.74) is 0.581. The Hall–Kier alpha value is -2.63. The zero-order valence-electron chi connectivity index (χ0n) is 17.6. The Morgan fingerprint density at radius 1 is 1.12 bits per heavy atom. The fourth-order valence-corrected chi connectivity index (χ4v) is 5.36. The highest BCUT2D eigenvalue weighted by Gasteiger charge is 2.28. The van der Waals surface area contributed by atoms with Gasteiger partial charge in [-0.15, -0.1) is 21.5 Å². The molecule has 1 fully saturated rings. The number of hydrogen-bond acceptors (Lipinski definition) is 7. The standard InChI is InChI=1S/C22H22BrN5O3S2/c23-16-4-1-3-15(13-16)19(29)24-9-6-18-26-27-22(33-18)25-20(30)14-7-10-28(11-8-14)21(31)17-5-2-12-32-17/h1-5,12-14H,6-11H2,(H,24,29)(H,25,27,30). The fourth-order valence-electron chi connectivity index (χ4n) is 3.53. The number of carbonyl (C=O) groups is 3. The Bertz CT molecular complexity index is 1130. The Balaban J connectivity index is 1.20. The largest absolute Gasteiger partial charge is 0.352 e. The minimum atomic E-state index is -0.158. The van der Waals surface area contributed by atoms with E-state index in [0.29, 0.717) is 49.6 Å². The molecule has 0 bridgehead atoms. The maximum Gasteiger partial charge on any atom is 0.263 e. The summed E-state index contributed by atoms with van der Waals surface area (Å²) in [7, 11) is 0. The molecule has 0 atom stereocenters. The normalized spacial score (nSPS) is 14.2. The third kappa shape index (κ3) is 6.24. The maximum atomic E-state index is 12.6. The van der Waals surface area contributed by atoms with Crippen molar-refractivity contribution in [1.29, 1.82) is 0 Å². The molecule has 1 saturated heterocycles. The smallest absolute Gasteiger partial charge is 0.263 e. The first-order valence-corrected chi connectivity index (χ1v) is 13.0. The van der Waals surface area contributed by atoms with E-state index in [1.807, 2.05) is 29.6 Å². The van der Waals surface area contributed by atoms with Crippen LogP contribution in [-0.4, -0.2) is 52.5 Å². The monoisotopic (exact) mass is 547 g/mol. The molecule has 0 unspecified atom stereocenters. The highest BCUT2D eigenvalue weighted by molar-refractivity contribution is 9.10. The van der Waals surface area contributed by atoms with Crippen molar-refractivity contribution < 1.29 is 14.4 Å². The maximum absolute atomic E-state index is 12.6. The molecule has 1 aliphatic heterocycles. The molecule has 8 nitrogen and oxygen atoms in total. The predicted molar refractivity (Wildman–Crippen MR) is 132 cm³/mol. The van der Waals surface area contributed by atoms with E-state index in [0.717, 1.165) is 14.4 Å². The Kier molecular flexibility index (Phi) is 7.84. The van der Waals surface area contributed by atoms with Gasteiger partial charge in [0.25, 0.3) is 11.8 Å². The number of piperidine rings is 1. The number of aromatic nitrogens is 2. The quantitative estimate of drug-likeness (QED) is 0.467. The second kappa shape index (κ2) is 11.0. The molecule has 0 radical (unpaired) electrons. The Labute approximate surface area is 207 Å². The van der Waals surface area contributed by atoms with Crippen LogP contribution in [-0.2, 0) is 11.2 Å². The van der Waals surface area contributed by atoms with Gasteiger partial charge in [-0.3, -0.25) is 14.4 Å². The van der Waals surface area contributed by atoms with Gasteiger partial charge >= 0.3 is 0 Å². The molecule has 3 aromatic rings. The number of rotatable bonds is 7. The van der Waals surface area contributed by atoms with E-state index in [2.05, 4.69) is 36.8 Å². The first-order valence-electron chi connectivity index (χ1n) is 10.5. The van der Waals surface area contributed by atoms with E-state index in [1.165, 1.54) is 22.7 Å². The summed E-state index contributed by atoms with van der Waals surface area (Å²) >= 11 is 6.09.